The van der Waals surface area contributed by atoms with Crippen LogP contribution in [-0.4, -0.2) is 10.9 Å². The van der Waals surface area contributed by atoms with Crippen LogP contribution in [0.25, 0.3) is 0 Å². The predicted octanol–water partition coefficient (Wildman–Crippen LogP) is 3.25. The van der Waals surface area contributed by atoms with Gasteiger partial charge in [0.15, 0.2) is 0 Å². The zero-order valence-electron chi connectivity index (χ0n) is 10.6. The Balaban J connectivity index is 2.02. The maximum Gasteiger partial charge on any atom is 0.224 e. The van der Waals surface area contributed by atoms with Crippen LogP contribution < -0.4 is 11.1 Å². The topological polar surface area (TPSA) is 68.3 Å². The lowest BCUT2D eigenvalue weighted by molar-refractivity contribution is -0.116. The van der Waals surface area contributed by atoms with Crippen molar-refractivity contribution in [3.63, 3.8) is 0 Å². The second kappa shape index (κ2) is 6.67. The number of carbonyl (C=O) groups excluding carboxylic acids is 1. The third-order valence-corrected chi connectivity index (χ3v) is 3.41. The van der Waals surface area contributed by atoms with Crippen LogP contribution in [0.4, 0.5) is 5.69 Å². The average Bonchev–Trinajstić information content (AvgIpc) is 2.91. The Labute approximate surface area is 130 Å². The van der Waals surface area contributed by atoms with Crippen molar-refractivity contribution in [3.8, 4) is 0 Å². The first-order chi connectivity index (χ1) is 9.56. The Morgan fingerprint density at radius 1 is 1.40 bits per heavy atom. The molecule has 104 valence electrons. The first-order valence-electron chi connectivity index (χ1n) is 5.98. The molecular formula is C14H13BrN2O2S. The Morgan fingerprint density at radius 2 is 2.20 bits per heavy atom. The van der Waals surface area contributed by atoms with E-state index in [0.717, 1.165) is 10.2 Å². The van der Waals surface area contributed by atoms with Crippen molar-refractivity contribution >= 4 is 44.7 Å². The highest BCUT2D eigenvalue weighted by atomic mass is 79.9. The van der Waals surface area contributed by atoms with Gasteiger partial charge in [-0.15, -0.1) is 0 Å². The van der Waals surface area contributed by atoms with Crippen LogP contribution in [-0.2, 0) is 11.2 Å². The molecule has 0 aliphatic carbocycles. The van der Waals surface area contributed by atoms with E-state index < -0.39 is 0 Å². The normalized spacial score (nSPS) is 10.2. The Kier molecular flexibility index (Phi) is 4.92. The van der Waals surface area contributed by atoms with E-state index in [-0.39, 0.29) is 10.9 Å². The second-order valence-electron chi connectivity index (χ2n) is 4.18. The van der Waals surface area contributed by atoms with Gasteiger partial charge >= 0.3 is 0 Å². The first kappa shape index (κ1) is 14.7. The molecule has 0 radical (unpaired) electrons. The zero-order chi connectivity index (χ0) is 14.5. The van der Waals surface area contributed by atoms with E-state index in [1.165, 1.54) is 0 Å². The van der Waals surface area contributed by atoms with Gasteiger partial charge in [0.2, 0.25) is 5.91 Å². The van der Waals surface area contributed by atoms with Gasteiger partial charge in [-0.2, -0.15) is 0 Å². The molecule has 1 aromatic heterocycles. The summed E-state index contributed by atoms with van der Waals surface area (Å²) in [5.74, 6) is 0.673. The molecule has 3 N–H and O–H groups in total. The third-order valence-electron chi connectivity index (χ3n) is 2.70. The molecule has 0 atom stereocenters. The molecule has 1 aromatic carbocycles. The minimum absolute atomic E-state index is 0.110. The summed E-state index contributed by atoms with van der Waals surface area (Å²) in [7, 11) is 0. The first-order valence-corrected chi connectivity index (χ1v) is 7.18. The fourth-order valence-electron chi connectivity index (χ4n) is 1.73. The molecule has 4 nitrogen and oxygen atoms in total. The third kappa shape index (κ3) is 3.91. The molecule has 0 spiro atoms. The lowest BCUT2D eigenvalue weighted by Crippen LogP contribution is -2.17. The number of nitrogens with two attached hydrogens (primary N) is 1. The van der Waals surface area contributed by atoms with Crippen LogP contribution in [0.3, 0.4) is 0 Å². The Hall–Kier alpha value is -1.66. The molecule has 2 aromatic rings. The number of furan rings is 1. The van der Waals surface area contributed by atoms with E-state index in [1.807, 2.05) is 12.1 Å². The van der Waals surface area contributed by atoms with Crippen LogP contribution in [0.15, 0.2) is 45.5 Å². The highest BCUT2D eigenvalue weighted by Crippen LogP contribution is 2.21. The van der Waals surface area contributed by atoms with Crippen molar-refractivity contribution in [2.24, 2.45) is 5.73 Å². The number of thiocarbonyl (C=S) groups is 1. The van der Waals surface area contributed by atoms with E-state index in [9.17, 15) is 4.79 Å². The molecule has 1 heterocycles. The molecule has 0 unspecified atom stereocenters. The monoisotopic (exact) mass is 352 g/mol. The maximum atomic E-state index is 11.9. The van der Waals surface area contributed by atoms with E-state index in [2.05, 4.69) is 21.2 Å². The highest BCUT2D eigenvalue weighted by molar-refractivity contribution is 9.10. The summed E-state index contributed by atoms with van der Waals surface area (Å²) in [6.45, 7) is 0. The maximum absolute atomic E-state index is 11.9. The van der Waals surface area contributed by atoms with Crippen molar-refractivity contribution in [2.45, 2.75) is 12.8 Å². The van der Waals surface area contributed by atoms with Gasteiger partial charge in [-0.1, -0.05) is 28.1 Å². The van der Waals surface area contributed by atoms with Crippen molar-refractivity contribution < 1.29 is 9.21 Å². The van der Waals surface area contributed by atoms with E-state index in [4.69, 9.17) is 22.4 Å². The fourth-order valence-corrected chi connectivity index (χ4v) is 2.26. The van der Waals surface area contributed by atoms with Gasteiger partial charge < -0.3 is 15.5 Å². The summed E-state index contributed by atoms with van der Waals surface area (Å²) in [4.78, 5) is 12.2. The number of anilines is 1. The Bertz CT molecular complexity index is 626. The number of carbonyl (C=O) groups is 1. The van der Waals surface area contributed by atoms with Crippen LogP contribution in [0.2, 0.25) is 0 Å². The molecule has 2 rings (SSSR count). The number of nitrogens with one attached hydrogen (secondary N) is 1. The van der Waals surface area contributed by atoms with Crippen molar-refractivity contribution in [1.82, 2.24) is 0 Å². The molecule has 0 aliphatic heterocycles. The minimum Gasteiger partial charge on any atom is -0.469 e. The van der Waals surface area contributed by atoms with Crippen molar-refractivity contribution in [3.05, 3.63) is 52.4 Å². The summed E-state index contributed by atoms with van der Waals surface area (Å²) in [6, 6.07) is 9.01. The van der Waals surface area contributed by atoms with E-state index in [0.29, 0.717) is 24.1 Å². The SMILES string of the molecule is NC(=S)c1cc(Br)ccc1NC(=O)CCc1ccco1. The molecule has 0 aliphatic rings. The number of hydrogen-bond acceptors (Lipinski definition) is 3. The largest absolute Gasteiger partial charge is 0.469 e. The fraction of sp³-hybridized carbons (Fsp3) is 0.143. The summed E-state index contributed by atoms with van der Waals surface area (Å²) < 4.78 is 6.04. The Morgan fingerprint density at radius 3 is 2.85 bits per heavy atom. The van der Waals surface area contributed by atoms with Gasteiger partial charge in [0.05, 0.1) is 12.0 Å². The van der Waals surface area contributed by atoms with E-state index in [1.54, 1.807) is 24.5 Å². The number of aryl methyl sites for hydroxylation is 1. The average molecular weight is 353 g/mol. The molecule has 0 saturated heterocycles. The molecule has 20 heavy (non-hydrogen) atoms. The number of benzene rings is 1. The van der Waals surface area contributed by atoms with Gasteiger partial charge in [-0.25, -0.2) is 0 Å². The van der Waals surface area contributed by atoms with E-state index >= 15 is 0 Å². The zero-order valence-corrected chi connectivity index (χ0v) is 13.0. The summed E-state index contributed by atoms with van der Waals surface area (Å²) in [5, 5.41) is 2.81. The molecule has 1 amide bonds. The standard InChI is InChI=1S/C14H13BrN2O2S/c15-9-3-5-12(11(8-9)14(16)20)17-13(18)6-4-10-2-1-7-19-10/h1-3,5,7-8H,4,6H2,(H2,16,20)(H,17,18). The van der Waals surface area contributed by atoms with Gasteiger partial charge in [0.1, 0.15) is 10.7 Å². The summed E-state index contributed by atoms with van der Waals surface area (Å²) >= 11 is 8.33. The van der Waals surface area contributed by atoms with Gasteiger partial charge in [-0.3, -0.25) is 4.79 Å². The van der Waals surface area contributed by atoms with Crippen molar-refractivity contribution in [2.75, 3.05) is 5.32 Å². The molecule has 0 saturated carbocycles. The highest BCUT2D eigenvalue weighted by Gasteiger charge is 2.10. The molecule has 6 heteroatoms. The number of halogens is 1. The summed E-state index contributed by atoms with van der Waals surface area (Å²) in [5.41, 5.74) is 6.91. The number of rotatable bonds is 5. The van der Waals surface area contributed by atoms with Crippen LogP contribution >= 0.6 is 28.1 Å². The number of amides is 1. The molecule has 0 fully saturated rings. The van der Waals surface area contributed by atoms with Gasteiger partial charge in [0, 0.05) is 22.9 Å². The van der Waals surface area contributed by atoms with Crippen LogP contribution in [0.5, 0.6) is 0 Å². The van der Waals surface area contributed by atoms with Gasteiger partial charge in [-0.05, 0) is 30.3 Å². The van der Waals surface area contributed by atoms with Crippen LogP contribution in [0, 0.1) is 0 Å². The number of hydrogen-bond donors (Lipinski definition) is 2. The van der Waals surface area contributed by atoms with Crippen molar-refractivity contribution in [1.29, 1.82) is 0 Å². The van der Waals surface area contributed by atoms with Gasteiger partial charge in [0.25, 0.3) is 0 Å². The lowest BCUT2D eigenvalue weighted by Gasteiger charge is -2.10. The second-order valence-corrected chi connectivity index (χ2v) is 5.54. The van der Waals surface area contributed by atoms with Crippen LogP contribution in [0.1, 0.15) is 17.7 Å². The molecular weight excluding hydrogens is 340 g/mol. The smallest absolute Gasteiger partial charge is 0.224 e. The predicted molar refractivity (Wildman–Crippen MR) is 85.7 cm³/mol. The minimum atomic E-state index is -0.110. The summed E-state index contributed by atoms with van der Waals surface area (Å²) in [6.07, 6.45) is 2.48. The molecule has 0 bridgehead atoms. The quantitative estimate of drug-likeness (QED) is 0.810. The lowest BCUT2D eigenvalue weighted by atomic mass is 10.1.